The number of amides is 1. The summed E-state index contributed by atoms with van der Waals surface area (Å²) >= 11 is 1.57. The van der Waals surface area contributed by atoms with Gasteiger partial charge in [-0.3, -0.25) is 14.6 Å². The smallest absolute Gasteiger partial charge is 0.256 e. The molecule has 0 saturated carbocycles. The summed E-state index contributed by atoms with van der Waals surface area (Å²) in [5.74, 6) is 3.12. The molecule has 3 aromatic rings. The summed E-state index contributed by atoms with van der Waals surface area (Å²) in [6, 6.07) is 8.10. The van der Waals surface area contributed by atoms with Crippen molar-refractivity contribution in [3.8, 4) is 17.2 Å². The maximum absolute atomic E-state index is 13.0. The first-order chi connectivity index (χ1) is 19.2. The van der Waals surface area contributed by atoms with E-state index in [1.807, 2.05) is 0 Å². The van der Waals surface area contributed by atoms with E-state index in [4.69, 9.17) is 18.6 Å². The summed E-state index contributed by atoms with van der Waals surface area (Å²) in [6.45, 7) is 13.6. The number of oxazole rings is 1. The molecule has 2 aromatic carbocycles. The lowest BCUT2D eigenvalue weighted by Crippen LogP contribution is -2.49. The van der Waals surface area contributed by atoms with Crippen LogP contribution in [0.1, 0.15) is 50.7 Å². The Kier molecular flexibility index (Phi) is 10.2. The van der Waals surface area contributed by atoms with Crippen LogP contribution in [0, 0.1) is 0 Å². The molecule has 2 heterocycles. The van der Waals surface area contributed by atoms with Crippen LogP contribution in [0.4, 0.5) is 5.69 Å². The van der Waals surface area contributed by atoms with Crippen LogP contribution in [0.15, 0.2) is 33.9 Å². The van der Waals surface area contributed by atoms with E-state index in [-0.39, 0.29) is 5.91 Å². The first-order valence-electron chi connectivity index (χ1n) is 13.8. The molecule has 1 amide bonds. The van der Waals surface area contributed by atoms with Gasteiger partial charge in [0.1, 0.15) is 0 Å². The van der Waals surface area contributed by atoms with E-state index in [0.717, 1.165) is 44.2 Å². The third kappa shape index (κ3) is 6.85. The standard InChI is InChI=1S/C30H42N4O5S/c1-19(2)21-9-8-10-22(20(3)4)26(21)31-25(35)18-34-13-11-33(12-14-34)15-16-40-30-32-27-23(39-30)17-24(36-5)28(37-6)29(27)38-7/h8-10,17,19-20H,11-16,18H2,1-7H3,(H,31,35). The van der Waals surface area contributed by atoms with Crippen LogP contribution < -0.4 is 19.5 Å². The van der Waals surface area contributed by atoms with Crippen molar-refractivity contribution in [2.24, 2.45) is 0 Å². The minimum Gasteiger partial charge on any atom is -0.493 e. The molecule has 9 nitrogen and oxygen atoms in total. The summed E-state index contributed by atoms with van der Waals surface area (Å²) in [5, 5.41) is 3.83. The van der Waals surface area contributed by atoms with E-state index < -0.39 is 0 Å². The number of nitrogens with one attached hydrogen (secondary N) is 1. The zero-order valence-electron chi connectivity index (χ0n) is 24.7. The number of carbonyl (C=O) groups excluding carboxylic acids is 1. The van der Waals surface area contributed by atoms with Gasteiger partial charge < -0.3 is 23.9 Å². The number of hydrogen-bond donors (Lipinski definition) is 1. The van der Waals surface area contributed by atoms with Gasteiger partial charge in [0.05, 0.1) is 27.9 Å². The molecule has 1 aliphatic rings. The number of ether oxygens (including phenoxy) is 3. The number of anilines is 1. The van der Waals surface area contributed by atoms with Gasteiger partial charge in [0.25, 0.3) is 5.22 Å². The number of piperazine rings is 1. The van der Waals surface area contributed by atoms with Crippen molar-refractivity contribution >= 4 is 34.5 Å². The normalized spacial score (nSPS) is 14.7. The molecule has 10 heteroatoms. The zero-order valence-corrected chi connectivity index (χ0v) is 25.5. The van der Waals surface area contributed by atoms with E-state index >= 15 is 0 Å². The number of benzene rings is 2. The van der Waals surface area contributed by atoms with Crippen LogP contribution >= 0.6 is 11.8 Å². The largest absolute Gasteiger partial charge is 0.493 e. The maximum Gasteiger partial charge on any atom is 0.256 e. The van der Waals surface area contributed by atoms with E-state index in [1.54, 1.807) is 39.2 Å². The fraction of sp³-hybridized carbons (Fsp3) is 0.533. The van der Waals surface area contributed by atoms with Crippen LogP contribution in [0.2, 0.25) is 0 Å². The van der Waals surface area contributed by atoms with Gasteiger partial charge in [0.15, 0.2) is 22.6 Å². The third-order valence-electron chi connectivity index (χ3n) is 7.27. The van der Waals surface area contributed by atoms with Gasteiger partial charge >= 0.3 is 0 Å². The van der Waals surface area contributed by atoms with Gasteiger partial charge in [-0.05, 0) is 23.0 Å². The molecule has 1 aliphatic heterocycles. The van der Waals surface area contributed by atoms with Crippen molar-refractivity contribution < 1.29 is 23.4 Å². The van der Waals surface area contributed by atoms with Crippen LogP contribution in [-0.4, -0.2) is 87.0 Å². The summed E-state index contributed by atoms with van der Waals surface area (Å²) in [7, 11) is 4.73. The molecule has 1 aromatic heterocycles. The number of thioether (sulfide) groups is 1. The Morgan fingerprint density at radius 2 is 1.60 bits per heavy atom. The highest BCUT2D eigenvalue weighted by Gasteiger charge is 2.23. The number of fused-ring (bicyclic) bond motifs is 1. The van der Waals surface area contributed by atoms with Crippen molar-refractivity contribution in [2.75, 3.05) is 71.7 Å². The number of aromatic nitrogens is 1. The number of rotatable bonds is 12. The highest BCUT2D eigenvalue weighted by atomic mass is 32.2. The third-order valence-corrected chi connectivity index (χ3v) is 8.08. The lowest BCUT2D eigenvalue weighted by Gasteiger charge is -2.34. The predicted molar refractivity (Wildman–Crippen MR) is 161 cm³/mol. The van der Waals surface area contributed by atoms with Gasteiger partial charge in [-0.1, -0.05) is 57.7 Å². The molecule has 1 N–H and O–H groups in total. The minimum absolute atomic E-state index is 0.0543. The highest BCUT2D eigenvalue weighted by Crippen LogP contribution is 2.44. The predicted octanol–water partition coefficient (Wildman–Crippen LogP) is 5.45. The zero-order chi connectivity index (χ0) is 28.8. The molecule has 218 valence electrons. The molecule has 0 unspecified atom stereocenters. The molecule has 0 aliphatic carbocycles. The van der Waals surface area contributed by atoms with Crippen LogP contribution in [0.25, 0.3) is 11.1 Å². The second-order valence-corrected chi connectivity index (χ2v) is 11.7. The van der Waals surface area contributed by atoms with Crippen molar-refractivity contribution in [3.05, 3.63) is 35.4 Å². The molecule has 0 atom stereocenters. The van der Waals surface area contributed by atoms with E-state index in [9.17, 15) is 4.79 Å². The first kappa shape index (κ1) is 30.0. The van der Waals surface area contributed by atoms with Crippen molar-refractivity contribution in [1.29, 1.82) is 0 Å². The average molecular weight is 571 g/mol. The molecule has 1 saturated heterocycles. The molecular formula is C30H42N4O5S. The Hall–Kier alpha value is -2.95. The van der Waals surface area contributed by atoms with E-state index in [1.165, 1.54) is 11.1 Å². The molecule has 0 spiro atoms. The fourth-order valence-corrected chi connectivity index (χ4v) is 5.91. The SMILES string of the molecule is COc1cc2oc(SCCN3CCN(CC(=O)Nc4c(C(C)C)cccc4C(C)C)CC3)nc2c(OC)c1OC. The Morgan fingerprint density at radius 1 is 0.975 bits per heavy atom. The Morgan fingerprint density at radius 3 is 2.17 bits per heavy atom. The van der Waals surface area contributed by atoms with Gasteiger partial charge in [-0.25, -0.2) is 0 Å². The van der Waals surface area contributed by atoms with Gasteiger partial charge in [-0.15, -0.1) is 0 Å². The maximum atomic E-state index is 13.0. The van der Waals surface area contributed by atoms with Crippen LogP contribution in [0.3, 0.4) is 0 Å². The molecule has 0 radical (unpaired) electrons. The quantitative estimate of drug-likeness (QED) is 0.286. The minimum atomic E-state index is 0.0543. The second kappa shape index (κ2) is 13.6. The van der Waals surface area contributed by atoms with E-state index in [2.05, 4.69) is 66.0 Å². The summed E-state index contributed by atoms with van der Waals surface area (Å²) in [6.07, 6.45) is 0. The highest BCUT2D eigenvalue weighted by molar-refractivity contribution is 7.99. The summed E-state index contributed by atoms with van der Waals surface area (Å²) in [4.78, 5) is 22.3. The number of hydrogen-bond acceptors (Lipinski definition) is 9. The molecule has 4 rings (SSSR count). The van der Waals surface area contributed by atoms with Crippen molar-refractivity contribution in [3.63, 3.8) is 0 Å². The Bertz CT molecular complexity index is 1270. The summed E-state index contributed by atoms with van der Waals surface area (Å²) in [5.41, 5.74) is 4.59. The Balaban J connectivity index is 1.27. The molecule has 0 bridgehead atoms. The fourth-order valence-electron chi connectivity index (χ4n) is 5.08. The monoisotopic (exact) mass is 570 g/mol. The van der Waals surface area contributed by atoms with Gasteiger partial charge in [0.2, 0.25) is 11.7 Å². The van der Waals surface area contributed by atoms with E-state index in [0.29, 0.717) is 52.0 Å². The van der Waals surface area contributed by atoms with Crippen LogP contribution in [-0.2, 0) is 4.79 Å². The van der Waals surface area contributed by atoms with Gasteiger partial charge in [0, 0.05) is 50.2 Å². The second-order valence-electron chi connectivity index (χ2n) is 10.6. The van der Waals surface area contributed by atoms with Crippen LogP contribution in [0.5, 0.6) is 17.2 Å². The molecular weight excluding hydrogens is 528 g/mol. The number of nitrogens with zero attached hydrogens (tertiary/aromatic N) is 3. The Labute approximate surface area is 241 Å². The van der Waals surface area contributed by atoms with Gasteiger partial charge in [-0.2, -0.15) is 4.98 Å². The first-order valence-corrected chi connectivity index (χ1v) is 14.8. The number of carbonyl (C=O) groups is 1. The van der Waals surface area contributed by atoms with Crippen molar-refractivity contribution in [2.45, 2.75) is 44.8 Å². The molecule has 40 heavy (non-hydrogen) atoms. The number of methoxy groups -OCH3 is 3. The lowest BCUT2D eigenvalue weighted by atomic mass is 9.92. The summed E-state index contributed by atoms with van der Waals surface area (Å²) < 4.78 is 22.4. The molecule has 1 fully saturated rings. The van der Waals surface area contributed by atoms with Crippen molar-refractivity contribution in [1.82, 2.24) is 14.8 Å². The number of para-hydroxylation sites is 1. The topological polar surface area (TPSA) is 89.3 Å². The lowest BCUT2D eigenvalue weighted by molar-refractivity contribution is -0.117. The average Bonchev–Trinajstić information content (AvgIpc) is 3.35.